The monoisotopic (exact) mass is 560 g/mol. The number of nitrogens with zero attached hydrogens (tertiary/aromatic N) is 3. The normalized spacial score (nSPS) is 11.2. The summed E-state index contributed by atoms with van der Waals surface area (Å²) < 4.78 is 27.2. The molecular formula is C27H18BrFN4O4. The number of benzene rings is 3. The lowest BCUT2D eigenvalue weighted by atomic mass is 10.1. The van der Waals surface area contributed by atoms with E-state index in [9.17, 15) is 14.0 Å². The highest BCUT2D eigenvalue weighted by Gasteiger charge is 2.15. The van der Waals surface area contributed by atoms with Gasteiger partial charge in [-0.15, -0.1) is 0 Å². The number of rotatable bonds is 7. The zero-order valence-corrected chi connectivity index (χ0v) is 20.7. The van der Waals surface area contributed by atoms with Crippen LogP contribution in [0, 0.1) is 5.82 Å². The Morgan fingerprint density at radius 3 is 2.81 bits per heavy atom. The van der Waals surface area contributed by atoms with Crippen LogP contribution in [0.1, 0.15) is 5.56 Å². The molecule has 3 aromatic carbocycles. The second-order valence-electron chi connectivity index (χ2n) is 7.85. The number of nitrogens with one attached hydrogen (secondary N) is 1. The largest absolute Gasteiger partial charge is 0.483 e. The molecular weight excluding hydrogens is 543 g/mol. The summed E-state index contributed by atoms with van der Waals surface area (Å²) >= 11 is 3.49. The molecule has 0 aliphatic carbocycles. The molecule has 0 bridgehead atoms. The van der Waals surface area contributed by atoms with Gasteiger partial charge in [0.2, 0.25) is 5.43 Å². The SMILES string of the molecule is O=C(COc1ccc(Br)cc1-c1ccnn1-c1ccccc1)N/N=C/c1coc2ccc(F)cc2c1=O. The summed E-state index contributed by atoms with van der Waals surface area (Å²) in [5, 5.41) is 8.31. The number of ether oxygens (including phenoxy) is 1. The molecule has 0 aliphatic heterocycles. The number of para-hydroxylation sites is 1. The number of hydrogen-bond acceptors (Lipinski definition) is 6. The first-order chi connectivity index (χ1) is 18.0. The van der Waals surface area contributed by atoms with Crippen LogP contribution >= 0.6 is 15.9 Å². The Hall–Kier alpha value is -4.57. The number of carbonyl (C=O) groups excluding carboxylic acids is 1. The van der Waals surface area contributed by atoms with Crippen molar-refractivity contribution in [1.29, 1.82) is 0 Å². The number of hydrazone groups is 1. The van der Waals surface area contributed by atoms with Gasteiger partial charge in [0.05, 0.1) is 34.7 Å². The predicted molar refractivity (Wildman–Crippen MR) is 140 cm³/mol. The van der Waals surface area contributed by atoms with Gasteiger partial charge < -0.3 is 9.15 Å². The van der Waals surface area contributed by atoms with E-state index >= 15 is 0 Å². The van der Waals surface area contributed by atoms with Crippen LogP contribution in [0.4, 0.5) is 4.39 Å². The zero-order chi connectivity index (χ0) is 25.8. The van der Waals surface area contributed by atoms with Crippen molar-refractivity contribution in [3.63, 3.8) is 0 Å². The Morgan fingerprint density at radius 2 is 1.97 bits per heavy atom. The van der Waals surface area contributed by atoms with Crippen LogP contribution in [0.2, 0.25) is 0 Å². The third-order valence-corrected chi connectivity index (χ3v) is 5.87. The van der Waals surface area contributed by atoms with E-state index in [2.05, 4.69) is 31.6 Å². The van der Waals surface area contributed by atoms with E-state index in [4.69, 9.17) is 9.15 Å². The van der Waals surface area contributed by atoms with Gasteiger partial charge in [0.25, 0.3) is 5.91 Å². The minimum atomic E-state index is -0.557. The Balaban J connectivity index is 1.30. The highest BCUT2D eigenvalue weighted by atomic mass is 79.9. The number of fused-ring (bicyclic) bond motifs is 1. The second-order valence-corrected chi connectivity index (χ2v) is 8.76. The standard InChI is InChI=1S/C27H18BrFN4O4/c28-18-6-8-24(21(12-18)23-10-11-31-33(23)20-4-2-1-3-5-20)37-16-26(34)32-30-14-17-15-36-25-9-7-19(29)13-22(25)27(17)35/h1-15H,16H2,(H,32,34)/b30-14+. The quantitative estimate of drug-likeness (QED) is 0.221. The van der Waals surface area contributed by atoms with Crippen molar-refractivity contribution in [2.45, 2.75) is 0 Å². The molecule has 0 saturated heterocycles. The summed E-state index contributed by atoms with van der Waals surface area (Å²) in [6, 6.07) is 20.6. The van der Waals surface area contributed by atoms with Crippen LogP contribution in [0.5, 0.6) is 5.75 Å². The van der Waals surface area contributed by atoms with Gasteiger partial charge in [-0.1, -0.05) is 34.1 Å². The van der Waals surface area contributed by atoms with E-state index in [-0.39, 0.29) is 23.1 Å². The average molecular weight is 561 g/mol. The van der Waals surface area contributed by atoms with E-state index in [1.54, 1.807) is 23.0 Å². The number of carbonyl (C=O) groups is 1. The van der Waals surface area contributed by atoms with Crippen LogP contribution in [0.3, 0.4) is 0 Å². The van der Waals surface area contributed by atoms with Crippen LogP contribution in [0.15, 0.2) is 104 Å². The van der Waals surface area contributed by atoms with Gasteiger partial charge in [0.1, 0.15) is 23.4 Å². The molecule has 1 amide bonds. The summed E-state index contributed by atoms with van der Waals surface area (Å²) in [6.45, 7) is -0.330. The van der Waals surface area contributed by atoms with Crippen molar-refractivity contribution < 1.29 is 18.3 Å². The van der Waals surface area contributed by atoms with E-state index in [0.717, 1.165) is 33.7 Å². The fraction of sp³-hybridized carbons (Fsp3) is 0.0370. The fourth-order valence-electron chi connectivity index (χ4n) is 3.67. The number of aromatic nitrogens is 2. The van der Waals surface area contributed by atoms with Gasteiger partial charge in [0, 0.05) is 10.0 Å². The summed E-state index contributed by atoms with van der Waals surface area (Å²) in [7, 11) is 0. The molecule has 8 nitrogen and oxygen atoms in total. The maximum absolute atomic E-state index is 13.5. The topological polar surface area (TPSA) is 98.7 Å². The highest BCUT2D eigenvalue weighted by molar-refractivity contribution is 9.10. The average Bonchev–Trinajstić information content (AvgIpc) is 3.40. The van der Waals surface area contributed by atoms with E-state index < -0.39 is 17.2 Å². The molecule has 0 unspecified atom stereocenters. The van der Waals surface area contributed by atoms with E-state index in [0.29, 0.717) is 5.75 Å². The molecule has 2 aromatic heterocycles. The third kappa shape index (κ3) is 5.34. The smallest absolute Gasteiger partial charge is 0.277 e. The molecule has 37 heavy (non-hydrogen) atoms. The molecule has 0 saturated carbocycles. The summed E-state index contributed by atoms with van der Waals surface area (Å²) in [5.41, 5.74) is 4.54. The van der Waals surface area contributed by atoms with Gasteiger partial charge in [-0.05, 0) is 54.6 Å². The number of amides is 1. The Morgan fingerprint density at radius 1 is 1.14 bits per heavy atom. The van der Waals surface area contributed by atoms with Crippen LogP contribution < -0.4 is 15.6 Å². The first kappa shape index (κ1) is 24.1. The second kappa shape index (κ2) is 10.6. The van der Waals surface area contributed by atoms with Crippen molar-refractivity contribution in [1.82, 2.24) is 15.2 Å². The molecule has 0 atom stereocenters. The van der Waals surface area contributed by atoms with Gasteiger partial charge in [-0.3, -0.25) is 9.59 Å². The molecule has 0 radical (unpaired) electrons. The van der Waals surface area contributed by atoms with Crippen molar-refractivity contribution in [2.24, 2.45) is 5.10 Å². The molecule has 184 valence electrons. The van der Waals surface area contributed by atoms with Gasteiger partial charge >= 0.3 is 0 Å². The van der Waals surface area contributed by atoms with E-state index in [1.165, 1.54) is 18.4 Å². The first-order valence-corrected chi connectivity index (χ1v) is 11.8. The molecule has 0 aliphatic rings. The Kier molecular flexibility index (Phi) is 6.91. The van der Waals surface area contributed by atoms with Crippen LogP contribution in [-0.2, 0) is 4.79 Å². The first-order valence-electron chi connectivity index (χ1n) is 11.0. The van der Waals surface area contributed by atoms with Crippen molar-refractivity contribution in [3.05, 3.63) is 111 Å². The predicted octanol–water partition coefficient (Wildman–Crippen LogP) is 5.08. The Labute approximate surface area is 218 Å². The van der Waals surface area contributed by atoms with Crippen molar-refractivity contribution in [2.75, 3.05) is 6.61 Å². The maximum atomic E-state index is 13.5. The Bertz CT molecular complexity index is 1680. The fourth-order valence-corrected chi connectivity index (χ4v) is 4.03. The lowest BCUT2D eigenvalue weighted by Gasteiger charge is -2.13. The minimum absolute atomic E-state index is 0.0590. The minimum Gasteiger partial charge on any atom is -0.483 e. The zero-order valence-electron chi connectivity index (χ0n) is 19.1. The van der Waals surface area contributed by atoms with Crippen LogP contribution in [0.25, 0.3) is 27.9 Å². The lowest BCUT2D eigenvalue weighted by molar-refractivity contribution is -0.123. The summed E-state index contributed by atoms with van der Waals surface area (Å²) in [4.78, 5) is 24.9. The molecule has 10 heteroatoms. The highest BCUT2D eigenvalue weighted by Crippen LogP contribution is 2.33. The summed E-state index contributed by atoms with van der Waals surface area (Å²) in [6.07, 6.45) is 4.02. The lowest BCUT2D eigenvalue weighted by Crippen LogP contribution is -2.25. The number of hydrogen-bond donors (Lipinski definition) is 1. The van der Waals surface area contributed by atoms with Crippen molar-refractivity contribution >= 4 is 39.0 Å². The van der Waals surface area contributed by atoms with Crippen molar-refractivity contribution in [3.8, 4) is 22.7 Å². The molecule has 5 rings (SSSR count). The maximum Gasteiger partial charge on any atom is 0.277 e. The molecule has 1 N–H and O–H groups in total. The van der Waals surface area contributed by atoms with Gasteiger partial charge in [-0.2, -0.15) is 10.2 Å². The van der Waals surface area contributed by atoms with Crippen LogP contribution in [-0.4, -0.2) is 28.5 Å². The molecule has 2 heterocycles. The third-order valence-electron chi connectivity index (χ3n) is 5.37. The number of halogens is 2. The molecule has 0 spiro atoms. The summed E-state index contributed by atoms with van der Waals surface area (Å²) in [5.74, 6) is -0.631. The van der Waals surface area contributed by atoms with Gasteiger partial charge in [-0.25, -0.2) is 14.5 Å². The van der Waals surface area contributed by atoms with E-state index in [1.807, 2.05) is 42.5 Å². The van der Waals surface area contributed by atoms with Gasteiger partial charge in [0.15, 0.2) is 6.61 Å². The molecule has 5 aromatic rings. The molecule has 0 fully saturated rings.